The van der Waals surface area contributed by atoms with Crippen LogP contribution >= 0.6 is 11.3 Å². The lowest BCUT2D eigenvalue weighted by Gasteiger charge is -2.39. The van der Waals surface area contributed by atoms with Gasteiger partial charge in [-0.1, -0.05) is 0 Å². The fourth-order valence-corrected chi connectivity index (χ4v) is 5.03. The van der Waals surface area contributed by atoms with Crippen LogP contribution in [0.1, 0.15) is 51.3 Å². The van der Waals surface area contributed by atoms with Crippen molar-refractivity contribution < 1.29 is 18.7 Å². The smallest absolute Gasteiger partial charge is 0.261 e. The molecule has 154 valence electrons. The zero-order valence-electron chi connectivity index (χ0n) is 16.4. The average molecular weight is 417 g/mol. The third kappa shape index (κ3) is 4.36. The summed E-state index contributed by atoms with van der Waals surface area (Å²) in [6.45, 7) is 3.71. The monoisotopic (exact) mass is 416 g/mol. The molecule has 2 aliphatic heterocycles. The molecule has 7 heteroatoms. The van der Waals surface area contributed by atoms with Crippen LogP contribution in [0.2, 0.25) is 0 Å². The van der Waals surface area contributed by atoms with Crippen LogP contribution in [0, 0.1) is 12.7 Å². The Balaban J connectivity index is 1.27. The van der Waals surface area contributed by atoms with Crippen molar-refractivity contribution in [3.63, 3.8) is 0 Å². The third-order valence-electron chi connectivity index (χ3n) is 5.95. The summed E-state index contributed by atoms with van der Waals surface area (Å²) in [4.78, 5) is 27.5. The van der Waals surface area contributed by atoms with Crippen molar-refractivity contribution in [3.05, 3.63) is 57.5 Å². The van der Waals surface area contributed by atoms with Crippen LogP contribution in [0.15, 0.2) is 35.7 Å². The van der Waals surface area contributed by atoms with Gasteiger partial charge in [0, 0.05) is 25.2 Å². The van der Waals surface area contributed by atoms with Gasteiger partial charge in [0.15, 0.2) is 0 Å². The minimum absolute atomic E-state index is 0.0126. The van der Waals surface area contributed by atoms with Gasteiger partial charge in [-0.2, -0.15) is 0 Å². The molecule has 29 heavy (non-hydrogen) atoms. The molecular weight excluding hydrogens is 391 g/mol. The third-order valence-corrected chi connectivity index (χ3v) is 6.97. The highest BCUT2D eigenvalue weighted by atomic mass is 32.1. The van der Waals surface area contributed by atoms with Crippen LogP contribution in [-0.2, 0) is 4.74 Å². The first kappa shape index (κ1) is 20.0. The van der Waals surface area contributed by atoms with Crippen molar-refractivity contribution in [1.29, 1.82) is 0 Å². The van der Waals surface area contributed by atoms with E-state index in [-0.39, 0.29) is 29.3 Å². The lowest BCUT2D eigenvalue weighted by Crippen LogP contribution is -2.47. The van der Waals surface area contributed by atoms with Gasteiger partial charge in [-0.25, -0.2) is 4.39 Å². The molecule has 4 rings (SSSR count). The number of likely N-dealkylation sites (tertiary alicyclic amines) is 1. The summed E-state index contributed by atoms with van der Waals surface area (Å²) in [7, 11) is 0. The maximum absolute atomic E-state index is 13.1. The van der Waals surface area contributed by atoms with E-state index in [4.69, 9.17) is 4.74 Å². The number of halogens is 1. The standard InChI is InChI=1S/C22H25FN2O3S/c1-15-7-13-29-19(15)20(26)24-14-18-6-8-22(28-18)9-11-25(12-10-22)21(27)16-2-4-17(23)5-3-16/h2-5,7,13,18H,6,8-12,14H2,1H3,(H,24,26)/t18-/m1/s1. The van der Waals surface area contributed by atoms with Crippen molar-refractivity contribution in [3.8, 4) is 0 Å². The summed E-state index contributed by atoms with van der Waals surface area (Å²) in [6, 6.07) is 7.64. The van der Waals surface area contributed by atoms with E-state index in [2.05, 4.69) is 5.32 Å². The van der Waals surface area contributed by atoms with Gasteiger partial charge < -0.3 is 15.0 Å². The Kier molecular flexibility index (Phi) is 5.69. The van der Waals surface area contributed by atoms with Crippen molar-refractivity contribution in [1.82, 2.24) is 10.2 Å². The second kappa shape index (κ2) is 8.24. The number of nitrogens with zero attached hydrogens (tertiary/aromatic N) is 1. The molecule has 5 nitrogen and oxygen atoms in total. The molecular formula is C22H25FN2O3S. The quantitative estimate of drug-likeness (QED) is 0.825. The first-order chi connectivity index (χ1) is 14.0. The summed E-state index contributed by atoms with van der Waals surface area (Å²) in [5, 5.41) is 4.92. The Bertz CT molecular complexity index is 888. The van der Waals surface area contributed by atoms with E-state index in [0.717, 1.165) is 36.1 Å². The van der Waals surface area contributed by atoms with Crippen molar-refractivity contribution in [2.24, 2.45) is 0 Å². The zero-order valence-corrected chi connectivity index (χ0v) is 17.3. The van der Waals surface area contributed by atoms with Gasteiger partial charge in [0.1, 0.15) is 5.82 Å². The van der Waals surface area contributed by atoms with Crippen molar-refractivity contribution in [2.75, 3.05) is 19.6 Å². The van der Waals surface area contributed by atoms with Crippen LogP contribution in [0.25, 0.3) is 0 Å². The van der Waals surface area contributed by atoms with Gasteiger partial charge in [0.05, 0.1) is 16.6 Å². The number of hydrogen-bond acceptors (Lipinski definition) is 4. The Morgan fingerprint density at radius 2 is 1.93 bits per heavy atom. The van der Waals surface area contributed by atoms with Gasteiger partial charge in [-0.3, -0.25) is 9.59 Å². The summed E-state index contributed by atoms with van der Waals surface area (Å²) >= 11 is 1.45. The predicted molar refractivity (Wildman–Crippen MR) is 110 cm³/mol. The van der Waals surface area contributed by atoms with Crippen LogP contribution in [0.5, 0.6) is 0 Å². The van der Waals surface area contributed by atoms with E-state index >= 15 is 0 Å². The van der Waals surface area contributed by atoms with E-state index in [1.54, 1.807) is 0 Å². The molecule has 0 bridgehead atoms. The Labute approximate surface area is 173 Å². The first-order valence-electron chi connectivity index (χ1n) is 10.0. The number of rotatable bonds is 4. The topological polar surface area (TPSA) is 58.6 Å². The molecule has 0 saturated carbocycles. The number of benzene rings is 1. The van der Waals surface area contributed by atoms with E-state index < -0.39 is 0 Å². The summed E-state index contributed by atoms with van der Waals surface area (Å²) in [5.41, 5.74) is 1.31. The Hall–Kier alpha value is -2.25. The number of amides is 2. The van der Waals surface area contributed by atoms with Gasteiger partial charge in [-0.15, -0.1) is 11.3 Å². The molecule has 2 aromatic rings. The maximum atomic E-state index is 13.1. The number of nitrogens with one attached hydrogen (secondary N) is 1. The molecule has 2 amide bonds. The minimum Gasteiger partial charge on any atom is -0.370 e. The molecule has 2 saturated heterocycles. The molecule has 0 radical (unpaired) electrons. The Morgan fingerprint density at radius 1 is 1.21 bits per heavy atom. The fourth-order valence-electron chi connectivity index (χ4n) is 4.19. The van der Waals surface area contributed by atoms with Crippen LogP contribution in [0.3, 0.4) is 0 Å². The lowest BCUT2D eigenvalue weighted by atomic mass is 9.88. The van der Waals surface area contributed by atoms with E-state index in [1.807, 2.05) is 23.3 Å². The molecule has 0 unspecified atom stereocenters. The molecule has 1 spiro atoms. The number of piperidine rings is 1. The van der Waals surface area contributed by atoms with Gasteiger partial charge >= 0.3 is 0 Å². The van der Waals surface area contributed by atoms with Gasteiger partial charge in [0.25, 0.3) is 11.8 Å². The zero-order chi connectivity index (χ0) is 20.4. The second-order valence-corrected chi connectivity index (χ2v) is 8.82. The Morgan fingerprint density at radius 3 is 2.59 bits per heavy atom. The summed E-state index contributed by atoms with van der Waals surface area (Å²) in [6.07, 6.45) is 3.45. The SMILES string of the molecule is Cc1ccsc1C(=O)NC[C@H]1CCC2(CCN(C(=O)c3ccc(F)cc3)CC2)O1. The minimum atomic E-state index is -0.342. The molecule has 3 heterocycles. The number of thiophene rings is 1. The molecule has 1 aromatic heterocycles. The molecule has 1 N–H and O–H groups in total. The molecule has 0 aliphatic carbocycles. The highest BCUT2D eigenvalue weighted by Gasteiger charge is 2.43. The number of carbonyl (C=O) groups excluding carboxylic acids is 2. The van der Waals surface area contributed by atoms with Crippen LogP contribution in [-0.4, -0.2) is 48.1 Å². The van der Waals surface area contributed by atoms with Crippen LogP contribution in [0.4, 0.5) is 4.39 Å². The second-order valence-electron chi connectivity index (χ2n) is 7.90. The van der Waals surface area contributed by atoms with Gasteiger partial charge in [-0.05, 0) is 73.9 Å². The van der Waals surface area contributed by atoms with E-state index in [0.29, 0.717) is 25.2 Å². The maximum Gasteiger partial charge on any atom is 0.261 e. The van der Waals surface area contributed by atoms with Crippen molar-refractivity contribution in [2.45, 2.75) is 44.3 Å². The number of hydrogen-bond donors (Lipinski definition) is 1. The normalized spacial score (nSPS) is 20.8. The van der Waals surface area contributed by atoms with E-state index in [1.165, 1.54) is 35.6 Å². The highest BCUT2D eigenvalue weighted by Crippen LogP contribution is 2.39. The molecule has 1 aromatic carbocycles. The largest absolute Gasteiger partial charge is 0.370 e. The lowest BCUT2D eigenvalue weighted by molar-refractivity contribution is -0.0712. The first-order valence-corrected chi connectivity index (χ1v) is 10.9. The highest BCUT2D eigenvalue weighted by molar-refractivity contribution is 7.12. The number of ether oxygens (including phenoxy) is 1. The molecule has 1 atom stereocenters. The molecule has 2 fully saturated rings. The average Bonchev–Trinajstić information content (AvgIpc) is 3.33. The predicted octanol–water partition coefficient (Wildman–Crippen LogP) is 3.78. The van der Waals surface area contributed by atoms with Crippen molar-refractivity contribution >= 4 is 23.2 Å². The van der Waals surface area contributed by atoms with E-state index in [9.17, 15) is 14.0 Å². The van der Waals surface area contributed by atoms with Gasteiger partial charge in [0.2, 0.25) is 0 Å². The number of aryl methyl sites for hydroxylation is 1. The number of carbonyl (C=O) groups is 2. The summed E-state index contributed by atoms with van der Waals surface area (Å²) < 4.78 is 19.4. The fraction of sp³-hybridized carbons (Fsp3) is 0.455. The molecule has 2 aliphatic rings. The van der Waals surface area contributed by atoms with Crippen LogP contribution < -0.4 is 5.32 Å². The summed E-state index contributed by atoms with van der Waals surface area (Å²) in [5.74, 6) is -0.444.